The van der Waals surface area contributed by atoms with Crippen LogP contribution in [-0.2, 0) is 11.3 Å². The molecule has 0 aromatic carbocycles. The predicted molar refractivity (Wildman–Crippen MR) is 62.1 cm³/mol. The van der Waals surface area contributed by atoms with Crippen LogP contribution in [0, 0.1) is 5.92 Å². The van der Waals surface area contributed by atoms with E-state index in [1.165, 1.54) is 0 Å². The van der Waals surface area contributed by atoms with Crippen molar-refractivity contribution in [3.63, 3.8) is 0 Å². The lowest BCUT2D eigenvalue weighted by Crippen LogP contribution is -2.08. The molecule has 1 unspecified atom stereocenters. The molecule has 1 heterocycles. The third-order valence-corrected chi connectivity index (χ3v) is 2.78. The molecule has 16 heavy (non-hydrogen) atoms. The molecular weight excluding hydrogens is 204 g/mol. The molecule has 0 aliphatic rings. The van der Waals surface area contributed by atoms with Gasteiger partial charge in [0.25, 0.3) is 0 Å². The van der Waals surface area contributed by atoms with Crippen LogP contribution < -0.4 is 0 Å². The molecule has 1 aromatic heterocycles. The maximum absolute atomic E-state index is 10.6. The van der Waals surface area contributed by atoms with E-state index in [4.69, 9.17) is 5.11 Å². The van der Waals surface area contributed by atoms with E-state index < -0.39 is 5.97 Å². The van der Waals surface area contributed by atoms with Crippen molar-refractivity contribution in [2.24, 2.45) is 5.92 Å². The summed E-state index contributed by atoms with van der Waals surface area (Å²) in [6.07, 6.45) is 10.8. The summed E-state index contributed by atoms with van der Waals surface area (Å²) in [5, 5.41) is 8.70. The number of aliphatic carboxylic acids is 1. The van der Waals surface area contributed by atoms with Gasteiger partial charge in [0.05, 0.1) is 12.2 Å². The lowest BCUT2D eigenvalue weighted by Gasteiger charge is -2.05. The summed E-state index contributed by atoms with van der Waals surface area (Å²) in [4.78, 5) is 14.5. The first kappa shape index (κ1) is 12.7. The van der Waals surface area contributed by atoms with Crippen molar-refractivity contribution in [1.82, 2.24) is 9.55 Å². The Morgan fingerprint density at radius 3 is 2.75 bits per heavy atom. The number of hydrogen-bond donors (Lipinski definition) is 1. The Hall–Kier alpha value is -1.32. The Morgan fingerprint density at radius 1 is 1.38 bits per heavy atom. The van der Waals surface area contributed by atoms with Crippen LogP contribution in [0.4, 0.5) is 0 Å². The second kappa shape index (κ2) is 7.04. The van der Waals surface area contributed by atoms with Crippen LogP contribution in [0.1, 0.15) is 39.0 Å². The van der Waals surface area contributed by atoms with Crippen LogP contribution in [0.5, 0.6) is 0 Å². The molecule has 1 atom stereocenters. The zero-order chi connectivity index (χ0) is 11.8. The largest absolute Gasteiger partial charge is 0.481 e. The van der Waals surface area contributed by atoms with Crippen molar-refractivity contribution in [3.05, 3.63) is 18.7 Å². The van der Waals surface area contributed by atoms with Gasteiger partial charge in [0, 0.05) is 18.9 Å². The molecule has 0 aliphatic heterocycles. The molecule has 0 saturated heterocycles. The van der Waals surface area contributed by atoms with Crippen LogP contribution >= 0.6 is 0 Å². The highest BCUT2D eigenvalue weighted by Gasteiger charge is 2.09. The van der Waals surface area contributed by atoms with E-state index >= 15 is 0 Å². The summed E-state index contributed by atoms with van der Waals surface area (Å²) in [6.45, 7) is 2.78. The average Bonchev–Trinajstić information content (AvgIpc) is 2.75. The minimum absolute atomic E-state index is 0.200. The van der Waals surface area contributed by atoms with E-state index in [0.29, 0.717) is 0 Å². The lowest BCUT2D eigenvalue weighted by molar-refractivity contribution is -0.141. The van der Waals surface area contributed by atoms with Gasteiger partial charge in [-0.15, -0.1) is 0 Å². The van der Waals surface area contributed by atoms with Gasteiger partial charge in [-0.25, -0.2) is 4.98 Å². The first-order valence-electron chi connectivity index (χ1n) is 5.88. The third-order valence-electron chi connectivity index (χ3n) is 2.78. The predicted octanol–water partition coefficient (Wildman–Crippen LogP) is 2.55. The van der Waals surface area contributed by atoms with Crippen molar-refractivity contribution in [2.75, 3.05) is 0 Å². The van der Waals surface area contributed by atoms with Gasteiger partial charge < -0.3 is 9.67 Å². The molecule has 1 N–H and O–H groups in total. The number of imidazole rings is 1. The van der Waals surface area contributed by atoms with Crippen LogP contribution in [-0.4, -0.2) is 20.6 Å². The van der Waals surface area contributed by atoms with Crippen molar-refractivity contribution in [1.29, 1.82) is 0 Å². The normalized spacial score (nSPS) is 12.6. The smallest absolute Gasteiger partial charge is 0.306 e. The maximum atomic E-state index is 10.6. The number of unbranched alkanes of at least 4 members (excludes halogenated alkanes) is 3. The SMILES string of the molecule is CC(CCCCCCn1ccnc1)C(=O)O. The van der Waals surface area contributed by atoms with E-state index in [-0.39, 0.29) is 5.92 Å². The highest BCUT2D eigenvalue weighted by molar-refractivity contribution is 5.69. The number of carboxylic acids is 1. The fourth-order valence-electron chi connectivity index (χ4n) is 1.64. The molecule has 4 heteroatoms. The maximum Gasteiger partial charge on any atom is 0.306 e. The summed E-state index contributed by atoms with van der Waals surface area (Å²) >= 11 is 0. The van der Waals surface area contributed by atoms with Gasteiger partial charge in [-0.3, -0.25) is 4.79 Å². The summed E-state index contributed by atoms with van der Waals surface area (Å²) in [5.41, 5.74) is 0. The van der Waals surface area contributed by atoms with E-state index in [2.05, 4.69) is 9.55 Å². The zero-order valence-electron chi connectivity index (χ0n) is 9.80. The second-order valence-electron chi connectivity index (χ2n) is 4.24. The van der Waals surface area contributed by atoms with Crippen molar-refractivity contribution in [3.8, 4) is 0 Å². The lowest BCUT2D eigenvalue weighted by atomic mass is 10.0. The standard InChI is InChI=1S/C12H20N2O2/c1-11(12(15)16)6-4-2-3-5-8-14-9-7-13-10-14/h7,9-11H,2-6,8H2,1H3,(H,15,16). The number of nitrogens with zero attached hydrogens (tertiary/aromatic N) is 2. The first-order valence-corrected chi connectivity index (χ1v) is 5.88. The van der Waals surface area contributed by atoms with E-state index in [9.17, 15) is 4.79 Å². The summed E-state index contributed by atoms with van der Waals surface area (Å²) < 4.78 is 2.07. The molecule has 1 aromatic rings. The Labute approximate surface area is 96.3 Å². The number of aryl methyl sites for hydroxylation is 1. The number of carbonyl (C=O) groups is 1. The zero-order valence-corrected chi connectivity index (χ0v) is 9.80. The summed E-state index contributed by atoms with van der Waals surface area (Å²) in [7, 11) is 0. The minimum Gasteiger partial charge on any atom is -0.481 e. The molecular formula is C12H20N2O2. The van der Waals surface area contributed by atoms with E-state index in [0.717, 1.165) is 38.6 Å². The Kier molecular flexibility index (Phi) is 5.61. The van der Waals surface area contributed by atoms with Crippen molar-refractivity contribution >= 4 is 5.97 Å². The van der Waals surface area contributed by atoms with Crippen LogP contribution in [0.2, 0.25) is 0 Å². The Bertz CT molecular complexity index is 296. The minimum atomic E-state index is -0.682. The number of rotatable bonds is 8. The molecule has 0 saturated carbocycles. The molecule has 1 rings (SSSR count). The van der Waals surface area contributed by atoms with Gasteiger partial charge in [0.2, 0.25) is 0 Å². The number of carboxylic acid groups (broad SMARTS) is 1. The second-order valence-corrected chi connectivity index (χ2v) is 4.24. The molecule has 0 bridgehead atoms. The fraction of sp³-hybridized carbons (Fsp3) is 0.667. The van der Waals surface area contributed by atoms with Gasteiger partial charge in [-0.05, 0) is 12.8 Å². The molecule has 0 amide bonds. The quantitative estimate of drug-likeness (QED) is 0.690. The van der Waals surface area contributed by atoms with Gasteiger partial charge >= 0.3 is 5.97 Å². The summed E-state index contributed by atoms with van der Waals surface area (Å²) in [5.74, 6) is -0.882. The monoisotopic (exact) mass is 224 g/mol. The number of aromatic nitrogens is 2. The van der Waals surface area contributed by atoms with E-state index in [1.54, 1.807) is 13.1 Å². The van der Waals surface area contributed by atoms with Gasteiger partial charge in [0.1, 0.15) is 0 Å². The third kappa shape index (κ3) is 4.96. The number of hydrogen-bond acceptors (Lipinski definition) is 2. The molecule has 4 nitrogen and oxygen atoms in total. The van der Waals surface area contributed by atoms with Gasteiger partial charge in [-0.2, -0.15) is 0 Å². The highest BCUT2D eigenvalue weighted by Crippen LogP contribution is 2.10. The van der Waals surface area contributed by atoms with Crippen LogP contribution in [0.25, 0.3) is 0 Å². The topological polar surface area (TPSA) is 55.1 Å². The Morgan fingerprint density at radius 2 is 2.12 bits per heavy atom. The highest BCUT2D eigenvalue weighted by atomic mass is 16.4. The first-order chi connectivity index (χ1) is 7.70. The van der Waals surface area contributed by atoms with Crippen LogP contribution in [0.15, 0.2) is 18.7 Å². The van der Waals surface area contributed by atoms with Gasteiger partial charge in [0.15, 0.2) is 0 Å². The molecule has 0 radical (unpaired) electrons. The average molecular weight is 224 g/mol. The Balaban J connectivity index is 1.94. The fourth-order valence-corrected chi connectivity index (χ4v) is 1.64. The molecule has 0 spiro atoms. The molecule has 0 fully saturated rings. The van der Waals surface area contributed by atoms with E-state index in [1.807, 2.05) is 12.5 Å². The van der Waals surface area contributed by atoms with Crippen molar-refractivity contribution < 1.29 is 9.90 Å². The van der Waals surface area contributed by atoms with Gasteiger partial charge in [-0.1, -0.05) is 26.2 Å². The van der Waals surface area contributed by atoms with Crippen molar-refractivity contribution in [2.45, 2.75) is 45.6 Å². The van der Waals surface area contributed by atoms with Crippen LogP contribution in [0.3, 0.4) is 0 Å². The molecule has 0 aliphatic carbocycles. The summed E-state index contributed by atoms with van der Waals surface area (Å²) in [6, 6.07) is 0. The molecule has 90 valence electrons.